The molecule has 0 spiro atoms. The van der Waals surface area contributed by atoms with Crippen LogP contribution in [0.3, 0.4) is 0 Å². The molecule has 190 valence electrons. The number of amides is 2. The van der Waals surface area contributed by atoms with Crippen LogP contribution < -0.4 is 5.32 Å². The summed E-state index contributed by atoms with van der Waals surface area (Å²) in [5.74, 6) is -4.96. The Balaban J connectivity index is 2.01. The summed E-state index contributed by atoms with van der Waals surface area (Å²) in [7, 11) is 0. The number of carboxylic acids is 2. The van der Waals surface area contributed by atoms with Gasteiger partial charge in [0.05, 0.1) is 12.0 Å². The molecule has 1 aromatic carbocycles. The van der Waals surface area contributed by atoms with E-state index in [0.29, 0.717) is 36.1 Å². The predicted octanol–water partition coefficient (Wildman–Crippen LogP) is 1.23. The van der Waals surface area contributed by atoms with E-state index in [4.69, 9.17) is 9.84 Å². The maximum absolute atomic E-state index is 12.8. The minimum atomic E-state index is -1.45. The van der Waals surface area contributed by atoms with Gasteiger partial charge in [-0.05, 0) is 44.2 Å². The van der Waals surface area contributed by atoms with Crippen molar-refractivity contribution in [2.24, 2.45) is 0 Å². The highest BCUT2D eigenvalue weighted by atomic mass is 16.5. The fourth-order valence-corrected chi connectivity index (χ4v) is 4.01. The zero-order valence-corrected chi connectivity index (χ0v) is 19.7. The molecule has 1 aliphatic heterocycles. The van der Waals surface area contributed by atoms with Crippen molar-refractivity contribution < 1.29 is 43.7 Å². The number of nitrogens with zero attached hydrogens (tertiary/aromatic N) is 1. The first kappa shape index (κ1) is 27.5. The molecule has 2 atom stereocenters. The number of carbonyl (C=O) groups excluding carboxylic acids is 4. The van der Waals surface area contributed by atoms with Crippen molar-refractivity contribution in [3.63, 3.8) is 0 Å². The number of carboxylic acid groups (broad SMARTS) is 2. The molecule has 0 radical (unpaired) electrons. The van der Waals surface area contributed by atoms with Gasteiger partial charge >= 0.3 is 17.9 Å². The third-order valence-electron chi connectivity index (χ3n) is 5.77. The minimum Gasteiger partial charge on any atom is -0.481 e. The van der Waals surface area contributed by atoms with Crippen LogP contribution in [0.2, 0.25) is 0 Å². The average Bonchev–Trinajstić information content (AvgIpc) is 3.26. The zero-order valence-electron chi connectivity index (χ0n) is 19.7. The van der Waals surface area contributed by atoms with Gasteiger partial charge in [0.1, 0.15) is 12.1 Å². The van der Waals surface area contributed by atoms with Gasteiger partial charge in [-0.1, -0.05) is 18.2 Å². The molecule has 11 nitrogen and oxygen atoms in total. The van der Waals surface area contributed by atoms with Crippen LogP contribution >= 0.6 is 0 Å². The molecular weight excluding hydrogens is 460 g/mol. The van der Waals surface area contributed by atoms with Crippen LogP contribution in [0, 0.1) is 13.8 Å². The number of aryl methyl sites for hydroxylation is 2. The van der Waals surface area contributed by atoms with Crippen molar-refractivity contribution >= 4 is 35.5 Å². The lowest BCUT2D eigenvalue weighted by atomic mass is 10.0. The maximum atomic E-state index is 12.8. The topological polar surface area (TPSA) is 167 Å². The fourth-order valence-electron chi connectivity index (χ4n) is 4.01. The molecule has 2 amide bonds. The van der Waals surface area contributed by atoms with E-state index in [9.17, 15) is 33.9 Å². The summed E-state index contributed by atoms with van der Waals surface area (Å²) in [6, 6.07) is 2.86. The molecule has 0 unspecified atom stereocenters. The number of Topliss-reactive ketones (excluding diaryl/α,β-unsaturated/α-hetero) is 1. The standard InChI is InChI=1S/C24H30N2O9/c1-14-6-3-7-15(2)22(14)24(34)35-13-18(27)16(12-21(31)32)25-23(33)17-8-5-11-26(17)19(28)9-4-10-20(29)30/h3,6-7,16-17H,4-5,8-13H2,1-2H3,(H,25,33)(H,29,30)(H,31,32)/t16-,17-/m1/s1. The van der Waals surface area contributed by atoms with Gasteiger partial charge in [-0.2, -0.15) is 0 Å². The third kappa shape index (κ3) is 7.90. The van der Waals surface area contributed by atoms with Gasteiger partial charge < -0.3 is 25.2 Å². The molecule has 0 bridgehead atoms. The molecule has 1 heterocycles. The molecule has 11 heteroatoms. The van der Waals surface area contributed by atoms with Crippen molar-refractivity contribution in [3.05, 3.63) is 34.9 Å². The molecule has 3 N–H and O–H groups in total. The van der Waals surface area contributed by atoms with Crippen LogP contribution in [-0.4, -0.2) is 75.9 Å². The van der Waals surface area contributed by atoms with Crippen LogP contribution in [0.5, 0.6) is 0 Å². The Morgan fingerprint density at radius 1 is 1.06 bits per heavy atom. The zero-order chi connectivity index (χ0) is 26.1. The molecule has 35 heavy (non-hydrogen) atoms. The van der Waals surface area contributed by atoms with Gasteiger partial charge in [-0.15, -0.1) is 0 Å². The molecule has 0 saturated carbocycles. The van der Waals surface area contributed by atoms with Crippen molar-refractivity contribution in [2.75, 3.05) is 13.2 Å². The van der Waals surface area contributed by atoms with E-state index in [1.54, 1.807) is 32.0 Å². The number of likely N-dealkylation sites (tertiary alicyclic amines) is 1. The lowest BCUT2D eigenvalue weighted by Gasteiger charge is -2.26. The van der Waals surface area contributed by atoms with Crippen molar-refractivity contribution in [1.82, 2.24) is 10.2 Å². The largest absolute Gasteiger partial charge is 0.481 e. The van der Waals surface area contributed by atoms with E-state index in [0.717, 1.165) is 0 Å². The number of rotatable bonds is 12. The quantitative estimate of drug-likeness (QED) is 0.365. The number of benzene rings is 1. The van der Waals surface area contributed by atoms with Crippen LogP contribution in [0.1, 0.15) is 60.0 Å². The second-order valence-electron chi connectivity index (χ2n) is 8.46. The monoisotopic (exact) mass is 490 g/mol. The molecule has 0 aliphatic carbocycles. The first-order chi connectivity index (χ1) is 16.5. The second kappa shape index (κ2) is 12.6. The average molecular weight is 491 g/mol. The van der Waals surface area contributed by atoms with Crippen molar-refractivity contribution in [1.29, 1.82) is 0 Å². The number of nitrogens with one attached hydrogen (secondary N) is 1. The van der Waals surface area contributed by atoms with E-state index in [1.165, 1.54) is 4.90 Å². The fraction of sp³-hybridized carbons (Fsp3) is 0.500. The number of hydrogen-bond donors (Lipinski definition) is 3. The number of ketones is 1. The van der Waals surface area contributed by atoms with Gasteiger partial charge in [-0.3, -0.25) is 24.0 Å². The maximum Gasteiger partial charge on any atom is 0.339 e. The number of carbonyl (C=O) groups is 6. The molecule has 1 saturated heterocycles. The Hall–Kier alpha value is -3.76. The summed E-state index contributed by atoms with van der Waals surface area (Å²) >= 11 is 0. The highest BCUT2D eigenvalue weighted by Gasteiger charge is 2.36. The molecule has 2 rings (SSSR count). The molecule has 0 aromatic heterocycles. The van der Waals surface area contributed by atoms with Gasteiger partial charge in [0, 0.05) is 19.4 Å². The molecule has 1 aliphatic rings. The highest BCUT2D eigenvalue weighted by molar-refractivity contribution is 5.98. The molecule has 1 aromatic rings. The number of aliphatic carboxylic acids is 2. The van der Waals surface area contributed by atoms with Crippen molar-refractivity contribution in [2.45, 2.75) is 64.5 Å². The van der Waals surface area contributed by atoms with Gasteiger partial charge in [0.25, 0.3) is 0 Å². The van der Waals surface area contributed by atoms with Gasteiger partial charge in [-0.25, -0.2) is 4.79 Å². The van der Waals surface area contributed by atoms with E-state index in [2.05, 4.69) is 5.32 Å². The number of hydrogen-bond acceptors (Lipinski definition) is 7. The summed E-state index contributed by atoms with van der Waals surface area (Å²) in [5, 5.41) is 20.3. The lowest BCUT2D eigenvalue weighted by molar-refractivity contribution is -0.143. The van der Waals surface area contributed by atoms with E-state index in [-0.39, 0.29) is 25.2 Å². The van der Waals surface area contributed by atoms with Crippen LogP contribution in [0.25, 0.3) is 0 Å². The molecular formula is C24H30N2O9. The predicted molar refractivity (Wildman–Crippen MR) is 122 cm³/mol. The van der Waals surface area contributed by atoms with Crippen LogP contribution in [0.15, 0.2) is 18.2 Å². The SMILES string of the molecule is Cc1cccc(C)c1C(=O)OCC(=O)[C@@H](CC(=O)O)NC(=O)[C@H]1CCCN1C(=O)CCCC(=O)O. The molecule has 1 fully saturated rings. The van der Waals surface area contributed by atoms with Crippen molar-refractivity contribution in [3.8, 4) is 0 Å². The number of ether oxygens (including phenoxy) is 1. The Labute approximate surface area is 202 Å². The first-order valence-electron chi connectivity index (χ1n) is 11.3. The Kier molecular flexibility index (Phi) is 9.92. The summed E-state index contributed by atoms with van der Waals surface area (Å²) in [4.78, 5) is 73.7. The van der Waals surface area contributed by atoms with E-state index in [1.807, 2.05) is 0 Å². The summed E-state index contributed by atoms with van der Waals surface area (Å²) < 4.78 is 5.10. The van der Waals surface area contributed by atoms with E-state index >= 15 is 0 Å². The summed E-state index contributed by atoms with van der Waals surface area (Å²) in [6.45, 7) is 3.01. The summed E-state index contributed by atoms with van der Waals surface area (Å²) in [6.07, 6.45) is 0.0591. The minimum absolute atomic E-state index is 0.0398. The van der Waals surface area contributed by atoms with Crippen LogP contribution in [-0.2, 0) is 28.7 Å². The Morgan fingerprint density at radius 2 is 1.71 bits per heavy atom. The van der Waals surface area contributed by atoms with Gasteiger partial charge in [0.2, 0.25) is 11.8 Å². The first-order valence-corrected chi connectivity index (χ1v) is 11.3. The van der Waals surface area contributed by atoms with Gasteiger partial charge in [0.15, 0.2) is 12.4 Å². The lowest BCUT2D eigenvalue weighted by Crippen LogP contribution is -2.52. The Bertz CT molecular complexity index is 984. The summed E-state index contributed by atoms with van der Waals surface area (Å²) in [5.41, 5.74) is 1.63. The highest BCUT2D eigenvalue weighted by Crippen LogP contribution is 2.20. The smallest absolute Gasteiger partial charge is 0.339 e. The second-order valence-corrected chi connectivity index (χ2v) is 8.46. The third-order valence-corrected chi connectivity index (χ3v) is 5.77. The normalized spacial score (nSPS) is 15.8. The Morgan fingerprint density at radius 3 is 2.31 bits per heavy atom. The number of esters is 1. The van der Waals surface area contributed by atoms with E-state index < -0.39 is 54.7 Å². The van der Waals surface area contributed by atoms with Crippen LogP contribution in [0.4, 0.5) is 0 Å².